The summed E-state index contributed by atoms with van der Waals surface area (Å²) in [5.41, 5.74) is 0. The molecule has 0 amide bonds. The van der Waals surface area contributed by atoms with Crippen LogP contribution in [0, 0.1) is 0 Å². The van der Waals surface area contributed by atoms with Crippen molar-refractivity contribution in [3.63, 3.8) is 0 Å². The monoisotopic (exact) mass is 240 g/mol. The van der Waals surface area contributed by atoms with Gasteiger partial charge in [-0.2, -0.15) is 0 Å². The van der Waals surface area contributed by atoms with Crippen LogP contribution in [0.5, 0.6) is 0 Å². The second kappa shape index (κ2) is 6.72. The van der Waals surface area contributed by atoms with Gasteiger partial charge >= 0.3 is 0 Å². The van der Waals surface area contributed by atoms with Gasteiger partial charge in [-0.3, -0.25) is 0 Å². The minimum Gasteiger partial charge on any atom is -0.396 e. The maximum Gasteiger partial charge on any atom is 0.0431 e. The lowest BCUT2D eigenvalue weighted by atomic mass is 10.1. The fraction of sp³-hybridized carbons (Fsp3) is 1.00. The summed E-state index contributed by atoms with van der Waals surface area (Å²) in [5, 5.41) is 8.85. The zero-order valence-electron chi connectivity index (χ0n) is 11.3. The van der Waals surface area contributed by atoms with E-state index in [4.69, 9.17) is 5.11 Å². The highest BCUT2D eigenvalue weighted by Crippen LogP contribution is 2.28. The number of hydrogen-bond acceptors (Lipinski definition) is 3. The maximum absolute atomic E-state index is 8.85. The van der Waals surface area contributed by atoms with Crippen molar-refractivity contribution in [3.8, 4) is 0 Å². The fourth-order valence-electron chi connectivity index (χ4n) is 3.00. The van der Waals surface area contributed by atoms with Crippen LogP contribution in [0.3, 0.4) is 0 Å². The van der Waals surface area contributed by atoms with Gasteiger partial charge in [0.25, 0.3) is 0 Å². The van der Waals surface area contributed by atoms with E-state index >= 15 is 0 Å². The van der Waals surface area contributed by atoms with Gasteiger partial charge in [0.15, 0.2) is 0 Å². The van der Waals surface area contributed by atoms with Crippen LogP contribution in [-0.2, 0) is 0 Å². The Morgan fingerprint density at radius 2 is 2.00 bits per heavy atom. The van der Waals surface area contributed by atoms with Crippen LogP contribution in [-0.4, -0.2) is 60.3 Å². The molecule has 1 saturated heterocycles. The average Bonchev–Trinajstić information content (AvgIpc) is 3.08. The number of likely N-dealkylation sites (tertiary alicyclic amines) is 1. The molecule has 3 nitrogen and oxygen atoms in total. The third-order valence-electron chi connectivity index (χ3n) is 4.34. The smallest absolute Gasteiger partial charge is 0.0431 e. The van der Waals surface area contributed by atoms with Gasteiger partial charge in [0.05, 0.1) is 0 Å². The highest BCUT2D eigenvalue weighted by Gasteiger charge is 2.29. The standard InChI is InChI=1S/C14H28N2O/c1-15-9-4-5-13(15)8-11-16(14-6-7-14)10-2-3-12-17/h13-14,17H,2-12H2,1H3. The van der Waals surface area contributed by atoms with Crippen LogP contribution < -0.4 is 0 Å². The molecule has 0 aromatic heterocycles. The van der Waals surface area contributed by atoms with Gasteiger partial charge in [0, 0.05) is 18.7 Å². The van der Waals surface area contributed by atoms with Crippen molar-refractivity contribution in [1.29, 1.82) is 0 Å². The second-order valence-corrected chi connectivity index (χ2v) is 5.76. The van der Waals surface area contributed by atoms with Crippen molar-refractivity contribution in [2.24, 2.45) is 0 Å². The summed E-state index contributed by atoms with van der Waals surface area (Å²) >= 11 is 0. The Morgan fingerprint density at radius 1 is 1.18 bits per heavy atom. The lowest BCUT2D eigenvalue weighted by molar-refractivity contribution is 0.205. The van der Waals surface area contributed by atoms with Crippen LogP contribution in [0.25, 0.3) is 0 Å². The van der Waals surface area contributed by atoms with E-state index in [1.807, 2.05) is 0 Å². The number of hydrogen-bond donors (Lipinski definition) is 1. The second-order valence-electron chi connectivity index (χ2n) is 5.76. The molecule has 0 aromatic rings. The molecule has 0 spiro atoms. The Balaban J connectivity index is 1.66. The molecule has 1 N–H and O–H groups in total. The maximum atomic E-state index is 8.85. The van der Waals surface area contributed by atoms with Gasteiger partial charge in [0.1, 0.15) is 0 Å². The molecule has 1 aliphatic carbocycles. The predicted octanol–water partition coefficient (Wildman–Crippen LogP) is 1.71. The molecular weight excluding hydrogens is 212 g/mol. The summed E-state index contributed by atoms with van der Waals surface area (Å²) in [4.78, 5) is 5.20. The van der Waals surface area contributed by atoms with E-state index in [9.17, 15) is 0 Å². The molecule has 3 heteroatoms. The molecule has 0 bridgehead atoms. The van der Waals surface area contributed by atoms with Crippen molar-refractivity contribution in [3.05, 3.63) is 0 Å². The summed E-state index contributed by atoms with van der Waals surface area (Å²) < 4.78 is 0. The number of nitrogens with zero attached hydrogens (tertiary/aromatic N) is 2. The van der Waals surface area contributed by atoms with Gasteiger partial charge < -0.3 is 14.9 Å². The summed E-state index contributed by atoms with van der Waals surface area (Å²) in [6, 6.07) is 1.70. The highest BCUT2D eigenvalue weighted by atomic mass is 16.2. The van der Waals surface area contributed by atoms with Crippen molar-refractivity contribution >= 4 is 0 Å². The first kappa shape index (κ1) is 13.3. The predicted molar refractivity (Wildman–Crippen MR) is 71.2 cm³/mol. The molecule has 100 valence electrons. The highest BCUT2D eigenvalue weighted by molar-refractivity contribution is 4.86. The molecule has 0 radical (unpaired) electrons. The van der Waals surface area contributed by atoms with E-state index in [0.717, 1.165) is 24.9 Å². The van der Waals surface area contributed by atoms with E-state index in [0.29, 0.717) is 6.61 Å². The first-order chi connectivity index (χ1) is 8.31. The van der Waals surface area contributed by atoms with Gasteiger partial charge in [-0.25, -0.2) is 0 Å². The zero-order valence-corrected chi connectivity index (χ0v) is 11.3. The third kappa shape index (κ3) is 4.23. The lowest BCUT2D eigenvalue weighted by Crippen LogP contribution is -2.33. The average molecular weight is 240 g/mol. The number of unbranched alkanes of at least 4 members (excludes halogenated alkanes) is 1. The van der Waals surface area contributed by atoms with E-state index in [2.05, 4.69) is 16.8 Å². The minimum atomic E-state index is 0.351. The van der Waals surface area contributed by atoms with Crippen LogP contribution in [0.15, 0.2) is 0 Å². The van der Waals surface area contributed by atoms with Crippen molar-refractivity contribution < 1.29 is 5.11 Å². The molecule has 1 heterocycles. The topological polar surface area (TPSA) is 26.7 Å². The summed E-state index contributed by atoms with van der Waals surface area (Å²) in [7, 11) is 2.27. The van der Waals surface area contributed by atoms with Gasteiger partial charge in [-0.1, -0.05) is 0 Å². The molecule has 2 rings (SSSR count). The fourth-order valence-corrected chi connectivity index (χ4v) is 3.00. The molecule has 1 unspecified atom stereocenters. The van der Waals surface area contributed by atoms with Gasteiger partial charge in [-0.05, 0) is 71.6 Å². The Morgan fingerprint density at radius 3 is 2.59 bits per heavy atom. The van der Waals surface area contributed by atoms with E-state index < -0.39 is 0 Å². The Kier molecular flexibility index (Phi) is 5.26. The van der Waals surface area contributed by atoms with Crippen molar-refractivity contribution in [1.82, 2.24) is 9.80 Å². The van der Waals surface area contributed by atoms with Crippen molar-refractivity contribution in [2.75, 3.05) is 33.3 Å². The summed E-state index contributed by atoms with van der Waals surface area (Å²) in [6.45, 7) is 4.11. The Bertz CT molecular complexity index is 218. The number of aliphatic hydroxyl groups excluding tert-OH is 1. The van der Waals surface area contributed by atoms with Crippen LogP contribution in [0.1, 0.15) is 44.9 Å². The minimum absolute atomic E-state index is 0.351. The third-order valence-corrected chi connectivity index (χ3v) is 4.34. The van der Waals surface area contributed by atoms with Crippen LogP contribution >= 0.6 is 0 Å². The summed E-state index contributed by atoms with van der Waals surface area (Å²) in [5.74, 6) is 0. The van der Waals surface area contributed by atoms with Gasteiger partial charge in [-0.15, -0.1) is 0 Å². The van der Waals surface area contributed by atoms with E-state index in [-0.39, 0.29) is 0 Å². The SMILES string of the molecule is CN1CCCC1CCN(CCCCO)C1CC1. The molecular formula is C14H28N2O. The molecule has 1 atom stereocenters. The van der Waals surface area contributed by atoms with Crippen molar-refractivity contribution in [2.45, 2.75) is 57.0 Å². The van der Waals surface area contributed by atoms with E-state index in [1.165, 1.54) is 51.7 Å². The molecule has 2 aliphatic rings. The lowest BCUT2D eigenvalue weighted by Gasteiger charge is -2.26. The Labute approximate surface area is 106 Å². The normalized spacial score (nSPS) is 25.9. The largest absolute Gasteiger partial charge is 0.396 e. The molecule has 0 aromatic carbocycles. The zero-order chi connectivity index (χ0) is 12.1. The Hall–Kier alpha value is -0.120. The first-order valence-electron chi connectivity index (χ1n) is 7.36. The summed E-state index contributed by atoms with van der Waals surface area (Å²) in [6.07, 6.45) is 9.05. The van der Waals surface area contributed by atoms with E-state index in [1.54, 1.807) is 0 Å². The quantitative estimate of drug-likeness (QED) is 0.654. The first-order valence-corrected chi connectivity index (χ1v) is 7.36. The van der Waals surface area contributed by atoms with Crippen LogP contribution in [0.2, 0.25) is 0 Å². The van der Waals surface area contributed by atoms with Gasteiger partial charge in [0.2, 0.25) is 0 Å². The van der Waals surface area contributed by atoms with Crippen LogP contribution in [0.4, 0.5) is 0 Å². The molecule has 1 saturated carbocycles. The molecule has 1 aliphatic heterocycles. The number of aliphatic hydroxyl groups is 1. The molecule has 17 heavy (non-hydrogen) atoms. The molecule has 2 fully saturated rings. The number of rotatable bonds is 8.